The van der Waals surface area contributed by atoms with Crippen molar-refractivity contribution in [2.45, 2.75) is 30.6 Å². The molecule has 4 rings (SSSR count). The molecule has 128 valence electrons. The van der Waals surface area contributed by atoms with Gasteiger partial charge in [0.05, 0.1) is 10.6 Å². The highest BCUT2D eigenvalue weighted by Crippen LogP contribution is 2.31. The number of rotatable bonds is 3. The third kappa shape index (κ3) is 3.00. The number of benzene rings is 2. The first kappa shape index (κ1) is 16.1. The predicted molar refractivity (Wildman–Crippen MR) is 98.8 cm³/mol. The quantitative estimate of drug-likeness (QED) is 0.720. The van der Waals surface area contributed by atoms with Crippen LogP contribution >= 0.6 is 0 Å². The van der Waals surface area contributed by atoms with Crippen LogP contribution < -0.4 is 0 Å². The molecule has 0 atom stereocenters. The average molecular weight is 352 g/mol. The van der Waals surface area contributed by atoms with Crippen molar-refractivity contribution in [1.82, 2.24) is 9.55 Å². The molecule has 0 bridgehead atoms. The first-order chi connectivity index (χ1) is 12.0. The van der Waals surface area contributed by atoms with E-state index in [2.05, 4.69) is 16.7 Å². The van der Waals surface area contributed by atoms with E-state index in [9.17, 15) is 8.42 Å². The van der Waals surface area contributed by atoms with Gasteiger partial charge in [0, 0.05) is 23.2 Å². The minimum atomic E-state index is -3.19. The van der Waals surface area contributed by atoms with Crippen molar-refractivity contribution in [3.05, 3.63) is 66.0 Å². The summed E-state index contributed by atoms with van der Waals surface area (Å²) in [5.41, 5.74) is 4.44. The summed E-state index contributed by atoms with van der Waals surface area (Å²) >= 11 is 0. The summed E-state index contributed by atoms with van der Waals surface area (Å²) in [4.78, 5) is 5.25. The van der Waals surface area contributed by atoms with E-state index in [1.807, 2.05) is 30.3 Å². The number of aryl methyl sites for hydroxylation is 1. The van der Waals surface area contributed by atoms with Crippen LogP contribution in [-0.4, -0.2) is 24.2 Å². The number of sulfone groups is 1. The zero-order valence-corrected chi connectivity index (χ0v) is 15.0. The lowest BCUT2D eigenvalue weighted by Gasteiger charge is -2.16. The van der Waals surface area contributed by atoms with Gasteiger partial charge in [0.15, 0.2) is 9.84 Å². The second-order valence-corrected chi connectivity index (χ2v) is 8.52. The van der Waals surface area contributed by atoms with Crippen LogP contribution in [0, 0.1) is 0 Å². The predicted octanol–water partition coefficient (Wildman–Crippen LogP) is 3.82. The lowest BCUT2D eigenvalue weighted by atomic mass is 10.0. The summed E-state index contributed by atoms with van der Waals surface area (Å²) in [5, 5.41) is 0. The van der Waals surface area contributed by atoms with Crippen LogP contribution in [0.2, 0.25) is 0 Å². The molecular formula is C20H20N2O2S. The molecule has 1 aromatic heterocycles. The van der Waals surface area contributed by atoms with Gasteiger partial charge < -0.3 is 0 Å². The Balaban J connectivity index is 1.90. The maximum Gasteiger partial charge on any atom is 0.175 e. The Morgan fingerprint density at radius 3 is 2.28 bits per heavy atom. The van der Waals surface area contributed by atoms with E-state index in [1.165, 1.54) is 18.4 Å². The summed E-state index contributed by atoms with van der Waals surface area (Å²) in [5.74, 6) is 0.930. The van der Waals surface area contributed by atoms with Crippen molar-refractivity contribution in [2.24, 2.45) is 0 Å². The van der Waals surface area contributed by atoms with E-state index in [0.717, 1.165) is 42.0 Å². The van der Waals surface area contributed by atoms with Crippen LogP contribution in [0.1, 0.15) is 24.2 Å². The minimum Gasteiger partial charge on any atom is -0.296 e. The molecule has 2 aromatic carbocycles. The smallest absolute Gasteiger partial charge is 0.175 e. The van der Waals surface area contributed by atoms with Gasteiger partial charge in [-0.15, -0.1) is 0 Å². The molecule has 1 aliphatic carbocycles. The number of aromatic nitrogens is 2. The Hall–Kier alpha value is -2.40. The van der Waals surface area contributed by atoms with Crippen molar-refractivity contribution >= 4 is 9.84 Å². The fraction of sp³-hybridized carbons (Fsp3) is 0.250. The van der Waals surface area contributed by atoms with E-state index in [-0.39, 0.29) is 0 Å². The molecule has 1 aliphatic rings. The van der Waals surface area contributed by atoms with Crippen LogP contribution in [0.15, 0.2) is 59.5 Å². The standard InChI is InChI=1S/C20H20N2O2S/c1-25(23,24)17-13-11-16(12-14-17)22-19-10-6-5-9-18(19)21-20(22)15-7-3-2-4-8-15/h2-4,7-8,11-14H,5-6,9-10H2,1H3. The van der Waals surface area contributed by atoms with E-state index >= 15 is 0 Å². The Morgan fingerprint density at radius 1 is 0.920 bits per heavy atom. The van der Waals surface area contributed by atoms with Gasteiger partial charge in [-0.25, -0.2) is 13.4 Å². The molecule has 3 aromatic rings. The molecule has 25 heavy (non-hydrogen) atoms. The third-order valence-corrected chi connectivity index (χ3v) is 5.82. The Morgan fingerprint density at radius 2 is 1.60 bits per heavy atom. The SMILES string of the molecule is CS(=O)(=O)c1ccc(-n2c(-c3ccccc3)nc3c2CCCC3)cc1. The highest BCUT2D eigenvalue weighted by atomic mass is 32.2. The summed E-state index contributed by atoms with van der Waals surface area (Å²) in [6, 6.07) is 17.3. The van der Waals surface area contributed by atoms with Crippen molar-refractivity contribution < 1.29 is 8.42 Å². The Bertz CT molecular complexity index is 1000. The molecule has 1 heterocycles. The zero-order valence-electron chi connectivity index (χ0n) is 14.1. The molecule has 0 N–H and O–H groups in total. The number of hydrogen-bond acceptors (Lipinski definition) is 3. The molecule has 5 heteroatoms. The second-order valence-electron chi connectivity index (χ2n) is 6.50. The largest absolute Gasteiger partial charge is 0.296 e. The van der Waals surface area contributed by atoms with E-state index in [1.54, 1.807) is 12.1 Å². The molecule has 0 saturated carbocycles. The van der Waals surface area contributed by atoms with Gasteiger partial charge in [0.2, 0.25) is 0 Å². The summed E-state index contributed by atoms with van der Waals surface area (Å²) < 4.78 is 25.7. The van der Waals surface area contributed by atoms with Gasteiger partial charge in [-0.2, -0.15) is 0 Å². The van der Waals surface area contributed by atoms with Crippen LogP contribution in [0.25, 0.3) is 17.1 Å². The highest BCUT2D eigenvalue weighted by Gasteiger charge is 2.22. The van der Waals surface area contributed by atoms with E-state index in [0.29, 0.717) is 4.90 Å². The summed E-state index contributed by atoms with van der Waals surface area (Å²) in [6.07, 6.45) is 5.57. The zero-order chi connectivity index (χ0) is 17.4. The first-order valence-electron chi connectivity index (χ1n) is 8.50. The molecule has 0 fully saturated rings. The summed E-state index contributed by atoms with van der Waals surface area (Å²) in [7, 11) is -3.19. The second kappa shape index (κ2) is 6.15. The van der Waals surface area contributed by atoms with Crippen LogP contribution in [-0.2, 0) is 22.7 Å². The number of hydrogen-bond donors (Lipinski definition) is 0. The highest BCUT2D eigenvalue weighted by molar-refractivity contribution is 7.90. The number of imidazole rings is 1. The molecule has 4 nitrogen and oxygen atoms in total. The molecule has 0 spiro atoms. The van der Waals surface area contributed by atoms with Crippen LogP contribution in [0.4, 0.5) is 0 Å². The van der Waals surface area contributed by atoms with Gasteiger partial charge in [0.25, 0.3) is 0 Å². The van der Waals surface area contributed by atoms with Crippen LogP contribution in [0.5, 0.6) is 0 Å². The van der Waals surface area contributed by atoms with Gasteiger partial charge >= 0.3 is 0 Å². The molecule has 0 radical (unpaired) electrons. The number of fused-ring (bicyclic) bond motifs is 1. The minimum absolute atomic E-state index is 0.339. The van der Waals surface area contributed by atoms with Gasteiger partial charge in [-0.05, 0) is 49.9 Å². The maximum atomic E-state index is 11.7. The molecule has 0 amide bonds. The lowest BCUT2D eigenvalue weighted by molar-refractivity contribution is 0.602. The average Bonchev–Trinajstić information content (AvgIpc) is 3.01. The normalized spacial score (nSPS) is 14.3. The van der Waals surface area contributed by atoms with Crippen molar-refractivity contribution in [1.29, 1.82) is 0 Å². The van der Waals surface area contributed by atoms with Crippen molar-refractivity contribution in [2.75, 3.05) is 6.26 Å². The molecule has 0 saturated heterocycles. The molecule has 0 aliphatic heterocycles. The van der Waals surface area contributed by atoms with Gasteiger partial charge in [-0.1, -0.05) is 30.3 Å². The lowest BCUT2D eigenvalue weighted by Crippen LogP contribution is -2.08. The molecular weight excluding hydrogens is 332 g/mol. The Labute approximate surface area is 148 Å². The van der Waals surface area contributed by atoms with E-state index in [4.69, 9.17) is 4.98 Å². The monoisotopic (exact) mass is 352 g/mol. The van der Waals surface area contributed by atoms with Gasteiger partial charge in [0.1, 0.15) is 5.82 Å². The Kier molecular flexibility index (Phi) is 3.96. The maximum absolute atomic E-state index is 11.7. The van der Waals surface area contributed by atoms with Crippen molar-refractivity contribution in [3.63, 3.8) is 0 Å². The molecule has 0 unspecified atom stereocenters. The van der Waals surface area contributed by atoms with E-state index < -0.39 is 9.84 Å². The van der Waals surface area contributed by atoms with Gasteiger partial charge in [-0.3, -0.25) is 4.57 Å². The van der Waals surface area contributed by atoms with Crippen LogP contribution in [0.3, 0.4) is 0 Å². The summed E-state index contributed by atoms with van der Waals surface area (Å²) in [6.45, 7) is 0. The topological polar surface area (TPSA) is 52.0 Å². The first-order valence-corrected chi connectivity index (χ1v) is 10.4. The fourth-order valence-corrected chi connectivity index (χ4v) is 4.07. The number of nitrogens with zero attached hydrogens (tertiary/aromatic N) is 2. The fourth-order valence-electron chi connectivity index (χ4n) is 3.44. The van der Waals surface area contributed by atoms with Crippen molar-refractivity contribution in [3.8, 4) is 17.1 Å². The third-order valence-electron chi connectivity index (χ3n) is 4.69.